The van der Waals surface area contributed by atoms with Gasteiger partial charge in [0.25, 0.3) is 11.8 Å². The average Bonchev–Trinajstić information content (AvgIpc) is 3.83. The van der Waals surface area contributed by atoms with Gasteiger partial charge in [0.15, 0.2) is 0 Å². The fourth-order valence-corrected chi connectivity index (χ4v) is 7.44. The van der Waals surface area contributed by atoms with Crippen LogP contribution in [0.5, 0.6) is 17.2 Å². The molecule has 13 heteroatoms. The van der Waals surface area contributed by atoms with Gasteiger partial charge in [0.05, 0.1) is 23.2 Å². The lowest BCUT2D eigenvalue weighted by Gasteiger charge is -2.28. The van der Waals surface area contributed by atoms with Crippen molar-refractivity contribution in [3.63, 3.8) is 0 Å². The maximum absolute atomic E-state index is 14.2. The molecule has 0 radical (unpaired) electrons. The smallest absolute Gasteiger partial charge is 0.259 e. The van der Waals surface area contributed by atoms with E-state index in [2.05, 4.69) is 20.2 Å². The molecule has 3 atom stereocenters. The van der Waals surface area contributed by atoms with Crippen molar-refractivity contribution < 1.29 is 24.9 Å². The van der Waals surface area contributed by atoms with E-state index in [4.69, 9.17) is 0 Å². The molecule has 11 nitrogen and oxygen atoms in total. The van der Waals surface area contributed by atoms with Crippen LogP contribution < -0.4 is 10.0 Å². The predicted octanol–water partition coefficient (Wildman–Crippen LogP) is 6.21. The van der Waals surface area contributed by atoms with Crippen molar-refractivity contribution in [2.45, 2.75) is 19.8 Å². The number of aromatic nitrogens is 2. The van der Waals surface area contributed by atoms with Crippen molar-refractivity contribution >= 4 is 56.2 Å². The molecule has 2 aromatic heterocycles. The van der Waals surface area contributed by atoms with Crippen LogP contribution in [0.1, 0.15) is 25.3 Å². The second kappa shape index (κ2) is 11.5. The molecule has 3 aromatic carbocycles. The summed E-state index contributed by atoms with van der Waals surface area (Å²) in [6, 6.07) is 20.1. The van der Waals surface area contributed by atoms with Gasteiger partial charge in [-0.15, -0.1) is 22.7 Å². The molecule has 7 rings (SSSR count). The summed E-state index contributed by atoms with van der Waals surface area (Å²) in [6.07, 6.45) is 0. The van der Waals surface area contributed by atoms with E-state index < -0.39 is 17.8 Å². The summed E-state index contributed by atoms with van der Waals surface area (Å²) >= 11 is 2.44. The molecule has 1 unspecified atom stereocenters. The number of hydrogen-bond donors (Lipinski definition) is 3. The van der Waals surface area contributed by atoms with Crippen molar-refractivity contribution in [1.82, 2.24) is 9.97 Å². The van der Waals surface area contributed by atoms with E-state index in [1.54, 1.807) is 85.3 Å². The number of benzene rings is 3. The minimum atomic E-state index is -0.839. The maximum Gasteiger partial charge on any atom is 0.259 e. The van der Waals surface area contributed by atoms with Gasteiger partial charge in [-0.05, 0) is 55.8 Å². The van der Waals surface area contributed by atoms with Crippen molar-refractivity contribution in [3.8, 4) is 39.8 Å². The highest BCUT2D eigenvalue weighted by atomic mass is 32.1. The van der Waals surface area contributed by atoms with Crippen molar-refractivity contribution in [3.05, 3.63) is 89.1 Å². The number of hydrogen-bond acceptors (Lipinski definition) is 11. The third kappa shape index (κ3) is 4.99. The fourth-order valence-electron chi connectivity index (χ4n) is 5.89. The van der Waals surface area contributed by atoms with Gasteiger partial charge in [0.2, 0.25) is 10.3 Å². The van der Waals surface area contributed by atoms with E-state index in [0.717, 1.165) is 0 Å². The zero-order chi connectivity index (χ0) is 32.1. The molecular formula is C33H26N6O5S2. The van der Waals surface area contributed by atoms with E-state index in [1.165, 1.54) is 44.8 Å². The van der Waals surface area contributed by atoms with Gasteiger partial charge in [-0.3, -0.25) is 9.59 Å². The molecule has 0 aliphatic carbocycles. The first-order chi connectivity index (χ1) is 22.2. The Balaban J connectivity index is 1.22. The number of thiazole rings is 2. The Morgan fingerprint density at radius 1 is 0.652 bits per heavy atom. The number of phenolic OH excluding ortho intramolecular Hbond substituents is 3. The van der Waals surface area contributed by atoms with Gasteiger partial charge < -0.3 is 15.3 Å². The maximum atomic E-state index is 14.2. The largest absolute Gasteiger partial charge is 0.508 e. The highest BCUT2D eigenvalue weighted by Gasteiger charge is 2.51. The zero-order valence-corrected chi connectivity index (χ0v) is 26.1. The molecule has 3 N–H and O–H groups in total. The van der Waals surface area contributed by atoms with Gasteiger partial charge in [-0.1, -0.05) is 36.4 Å². The first-order valence-electron chi connectivity index (χ1n) is 14.3. The molecular weight excluding hydrogens is 625 g/mol. The molecule has 0 fully saturated rings. The SMILES string of the molecule is CC1=NN(c2nc(-c3ccccc3O)cs2)C(=O)[C@H]1C(c1ccc(O)cc1)[C@H]1C(=O)N(c2nc(-c3ccccc3O)cs2)N=C1C. The van der Waals surface area contributed by atoms with Crippen LogP contribution in [0.2, 0.25) is 0 Å². The van der Waals surface area contributed by atoms with Crippen LogP contribution in [0, 0.1) is 11.8 Å². The molecule has 0 saturated carbocycles. The first-order valence-corrected chi connectivity index (χ1v) is 16.0. The third-order valence-electron chi connectivity index (χ3n) is 8.07. The van der Waals surface area contributed by atoms with E-state index in [0.29, 0.717) is 49.8 Å². The minimum absolute atomic E-state index is 0.0518. The Kier molecular flexibility index (Phi) is 7.34. The number of para-hydroxylation sites is 2. The number of carbonyl (C=O) groups is 2. The Bertz CT molecular complexity index is 1930. The summed E-state index contributed by atoms with van der Waals surface area (Å²) in [4.78, 5) is 37.6. The van der Waals surface area contributed by atoms with Crippen LogP contribution in [0.15, 0.2) is 93.8 Å². The molecule has 2 amide bonds. The molecule has 0 bridgehead atoms. The number of carbonyl (C=O) groups excluding carboxylic acids is 2. The molecule has 0 spiro atoms. The normalized spacial score (nSPS) is 18.7. The fraction of sp³-hybridized carbons (Fsp3) is 0.152. The van der Waals surface area contributed by atoms with Crippen LogP contribution >= 0.6 is 22.7 Å². The summed E-state index contributed by atoms with van der Waals surface area (Å²) in [5.74, 6) is -2.90. The molecule has 2 aliphatic rings. The third-order valence-corrected chi connectivity index (χ3v) is 9.70. The summed E-state index contributed by atoms with van der Waals surface area (Å²) in [7, 11) is 0. The van der Waals surface area contributed by atoms with Gasteiger partial charge >= 0.3 is 0 Å². The molecule has 2 aliphatic heterocycles. The van der Waals surface area contributed by atoms with Crippen molar-refractivity contribution in [2.24, 2.45) is 22.0 Å². The Hall–Kier alpha value is -5.40. The monoisotopic (exact) mass is 650 g/mol. The molecule has 5 aromatic rings. The topological polar surface area (TPSA) is 152 Å². The van der Waals surface area contributed by atoms with Crippen molar-refractivity contribution in [1.29, 1.82) is 0 Å². The Morgan fingerprint density at radius 3 is 1.52 bits per heavy atom. The van der Waals surface area contributed by atoms with Crippen LogP contribution in [-0.2, 0) is 9.59 Å². The number of rotatable bonds is 7. The molecule has 0 saturated heterocycles. The van der Waals surface area contributed by atoms with Crippen LogP contribution in [-0.4, -0.2) is 48.5 Å². The number of phenols is 3. The van der Waals surface area contributed by atoms with Crippen LogP contribution in [0.25, 0.3) is 22.5 Å². The van der Waals surface area contributed by atoms with Crippen molar-refractivity contribution in [2.75, 3.05) is 10.0 Å². The second-order valence-corrected chi connectivity index (χ2v) is 12.6. The van der Waals surface area contributed by atoms with Gasteiger partial charge in [0.1, 0.15) is 17.2 Å². The second-order valence-electron chi connectivity index (χ2n) is 10.9. The zero-order valence-electron chi connectivity index (χ0n) is 24.5. The lowest BCUT2D eigenvalue weighted by Crippen LogP contribution is -2.40. The van der Waals surface area contributed by atoms with Gasteiger partial charge in [0, 0.05) is 39.2 Å². The first kappa shape index (κ1) is 29.3. The highest BCUT2D eigenvalue weighted by molar-refractivity contribution is 7.14. The van der Waals surface area contributed by atoms with Crippen LogP contribution in [0.4, 0.5) is 10.3 Å². The lowest BCUT2D eigenvalue weighted by molar-refractivity contribution is -0.122. The number of amides is 2. The summed E-state index contributed by atoms with van der Waals surface area (Å²) in [5.41, 5.74) is 3.74. The summed E-state index contributed by atoms with van der Waals surface area (Å²) in [6.45, 7) is 3.49. The van der Waals surface area contributed by atoms with Crippen LogP contribution in [0.3, 0.4) is 0 Å². The number of anilines is 2. The number of aromatic hydroxyl groups is 3. The van der Waals surface area contributed by atoms with E-state index in [1.807, 2.05) is 0 Å². The van der Waals surface area contributed by atoms with E-state index in [-0.39, 0.29) is 29.1 Å². The number of hydrazone groups is 2. The average molecular weight is 651 g/mol. The van der Waals surface area contributed by atoms with Gasteiger partial charge in [-0.2, -0.15) is 20.2 Å². The Morgan fingerprint density at radius 2 is 1.09 bits per heavy atom. The summed E-state index contributed by atoms with van der Waals surface area (Å²) in [5, 5.41) is 46.5. The van der Waals surface area contributed by atoms with E-state index >= 15 is 0 Å². The van der Waals surface area contributed by atoms with Gasteiger partial charge in [-0.25, -0.2) is 9.97 Å². The minimum Gasteiger partial charge on any atom is -0.508 e. The standard InChI is InChI=1S/C33H26N6O5S2/c1-17-27(30(43)38(36-17)32-34-23(15-45-32)21-7-3-5-9-25(21)41)29(19-11-13-20(40)14-12-19)28-18(2)37-39(31(28)44)33-35-24(16-46-33)22-8-4-6-10-26(22)42/h3-16,27-29,40-42H,1-2H3/t27-,28+,29?. The Labute approximate surface area is 271 Å². The molecule has 4 heterocycles. The predicted molar refractivity (Wildman–Crippen MR) is 177 cm³/mol. The lowest BCUT2D eigenvalue weighted by atomic mass is 9.73. The molecule has 46 heavy (non-hydrogen) atoms. The summed E-state index contributed by atoms with van der Waals surface area (Å²) < 4.78 is 0. The highest BCUT2D eigenvalue weighted by Crippen LogP contribution is 2.44. The molecule has 230 valence electrons. The number of nitrogens with zero attached hydrogens (tertiary/aromatic N) is 6. The quantitative estimate of drug-likeness (QED) is 0.189. The van der Waals surface area contributed by atoms with E-state index in [9.17, 15) is 24.9 Å².